The second-order valence-electron chi connectivity index (χ2n) is 6.31. The summed E-state index contributed by atoms with van der Waals surface area (Å²) >= 11 is 0. The Balaban J connectivity index is 1.78. The average Bonchev–Trinajstić information content (AvgIpc) is 2.97. The molecule has 0 saturated carbocycles. The minimum absolute atomic E-state index is 0.201. The summed E-state index contributed by atoms with van der Waals surface area (Å²) in [4.78, 5) is 15.7. The number of methoxy groups -OCH3 is 1. The van der Waals surface area contributed by atoms with Gasteiger partial charge >= 0.3 is 5.97 Å². The minimum atomic E-state index is -0.627. The predicted molar refractivity (Wildman–Crippen MR) is 98.4 cm³/mol. The number of nitrogens with zero attached hydrogens (tertiary/aromatic N) is 2. The Hall–Kier alpha value is -3.28. The lowest BCUT2D eigenvalue weighted by Gasteiger charge is -2.09. The van der Waals surface area contributed by atoms with Crippen molar-refractivity contribution in [3.8, 4) is 0 Å². The van der Waals surface area contributed by atoms with Crippen LogP contribution in [0.3, 0.4) is 0 Å². The van der Waals surface area contributed by atoms with Crippen LogP contribution in [-0.4, -0.2) is 22.6 Å². The van der Waals surface area contributed by atoms with Crippen LogP contribution in [0.25, 0.3) is 21.9 Å². The van der Waals surface area contributed by atoms with Crippen molar-refractivity contribution in [1.29, 1.82) is 0 Å². The summed E-state index contributed by atoms with van der Waals surface area (Å²) in [5.74, 6) is -1.56. The molecule has 0 unspecified atom stereocenters. The first kappa shape index (κ1) is 17.1. The molecule has 0 amide bonds. The molecule has 0 aliphatic rings. The van der Waals surface area contributed by atoms with Crippen molar-refractivity contribution in [2.75, 3.05) is 7.11 Å². The Kier molecular flexibility index (Phi) is 4.32. The molecule has 6 heteroatoms. The second kappa shape index (κ2) is 6.79. The molecule has 4 rings (SSSR count). The monoisotopic (exact) mass is 366 g/mol. The van der Waals surface area contributed by atoms with Crippen LogP contribution < -0.4 is 0 Å². The molecule has 0 aliphatic heterocycles. The Morgan fingerprint density at radius 2 is 1.81 bits per heavy atom. The minimum Gasteiger partial charge on any atom is -0.469 e. The third kappa shape index (κ3) is 3.14. The van der Waals surface area contributed by atoms with Crippen molar-refractivity contribution in [3.63, 3.8) is 0 Å². The summed E-state index contributed by atoms with van der Waals surface area (Å²) in [5.41, 5.74) is 3.48. The maximum Gasteiger partial charge on any atom is 0.309 e. The number of carbonyl (C=O) groups excluding carboxylic acids is 1. The van der Waals surface area contributed by atoms with E-state index in [9.17, 15) is 13.6 Å². The lowest BCUT2D eigenvalue weighted by atomic mass is 10.1. The van der Waals surface area contributed by atoms with Crippen LogP contribution in [0.5, 0.6) is 0 Å². The molecule has 2 aromatic heterocycles. The number of rotatable bonds is 4. The molecule has 0 atom stereocenters. The molecule has 0 bridgehead atoms. The van der Waals surface area contributed by atoms with Crippen molar-refractivity contribution in [3.05, 3.63) is 77.5 Å². The van der Waals surface area contributed by atoms with Crippen LogP contribution in [0.1, 0.15) is 11.1 Å². The molecule has 4 aromatic rings. The van der Waals surface area contributed by atoms with Crippen LogP contribution in [0.2, 0.25) is 0 Å². The molecule has 0 fully saturated rings. The second-order valence-corrected chi connectivity index (χ2v) is 6.31. The molecule has 2 heterocycles. The van der Waals surface area contributed by atoms with E-state index in [0.29, 0.717) is 23.0 Å². The van der Waals surface area contributed by atoms with E-state index in [1.54, 1.807) is 12.3 Å². The van der Waals surface area contributed by atoms with Gasteiger partial charge in [-0.15, -0.1) is 0 Å². The Labute approximate surface area is 154 Å². The first-order chi connectivity index (χ1) is 13.1. The molecule has 2 aromatic carbocycles. The summed E-state index contributed by atoms with van der Waals surface area (Å²) in [6.07, 6.45) is 1.79. The van der Waals surface area contributed by atoms with Gasteiger partial charge in [-0.25, -0.2) is 8.78 Å². The fourth-order valence-corrected chi connectivity index (χ4v) is 3.30. The number of halogens is 2. The third-order valence-electron chi connectivity index (χ3n) is 4.58. The standard InChI is InChI=1S/C21H16F2N2O2/c1-27-19(26)9-13-4-6-14(7-5-13)12-25-17-3-2-8-24-21(17)20-16(23)10-15(22)11-18(20)25/h2-8,10-11H,9,12H2,1H3. The van der Waals surface area contributed by atoms with Gasteiger partial charge in [0.25, 0.3) is 0 Å². The van der Waals surface area contributed by atoms with E-state index >= 15 is 0 Å². The smallest absolute Gasteiger partial charge is 0.309 e. The predicted octanol–water partition coefficient (Wildman–Crippen LogP) is 4.23. The molecule has 0 N–H and O–H groups in total. The number of pyridine rings is 1. The van der Waals surface area contributed by atoms with Crippen LogP contribution in [-0.2, 0) is 22.5 Å². The zero-order valence-corrected chi connectivity index (χ0v) is 14.6. The van der Waals surface area contributed by atoms with Crippen LogP contribution in [0.15, 0.2) is 54.7 Å². The van der Waals surface area contributed by atoms with Crippen molar-refractivity contribution in [2.24, 2.45) is 0 Å². The molecule has 136 valence electrons. The van der Waals surface area contributed by atoms with Gasteiger partial charge in [-0.3, -0.25) is 9.78 Å². The van der Waals surface area contributed by atoms with Crippen LogP contribution in [0.4, 0.5) is 8.78 Å². The molecular formula is C21H16F2N2O2. The highest BCUT2D eigenvalue weighted by atomic mass is 19.1. The normalized spacial score (nSPS) is 11.2. The fraction of sp³-hybridized carbons (Fsp3) is 0.143. The van der Waals surface area contributed by atoms with E-state index in [2.05, 4.69) is 9.72 Å². The summed E-state index contributed by atoms with van der Waals surface area (Å²) in [6, 6.07) is 13.3. The zero-order chi connectivity index (χ0) is 19.0. The van der Waals surface area contributed by atoms with Gasteiger partial charge in [0, 0.05) is 18.8 Å². The van der Waals surface area contributed by atoms with E-state index in [1.807, 2.05) is 34.9 Å². The van der Waals surface area contributed by atoms with Gasteiger partial charge in [0.1, 0.15) is 11.6 Å². The number of esters is 1. The first-order valence-electron chi connectivity index (χ1n) is 8.43. The lowest BCUT2D eigenvalue weighted by Crippen LogP contribution is -2.05. The summed E-state index contributed by atoms with van der Waals surface area (Å²) in [6.45, 7) is 0.424. The number of aromatic nitrogens is 2. The van der Waals surface area contributed by atoms with E-state index < -0.39 is 11.6 Å². The van der Waals surface area contributed by atoms with E-state index in [-0.39, 0.29) is 12.4 Å². The number of ether oxygens (including phenoxy) is 1. The maximum atomic E-state index is 14.4. The largest absolute Gasteiger partial charge is 0.469 e. The molecule has 4 nitrogen and oxygen atoms in total. The van der Waals surface area contributed by atoms with Gasteiger partial charge in [-0.05, 0) is 29.3 Å². The molecule has 27 heavy (non-hydrogen) atoms. The van der Waals surface area contributed by atoms with Crippen molar-refractivity contribution in [1.82, 2.24) is 9.55 Å². The number of carbonyl (C=O) groups is 1. The number of benzene rings is 2. The first-order valence-corrected chi connectivity index (χ1v) is 8.43. The number of hydrogen-bond acceptors (Lipinski definition) is 3. The van der Waals surface area contributed by atoms with Gasteiger partial charge in [0.15, 0.2) is 0 Å². The van der Waals surface area contributed by atoms with Gasteiger partial charge in [-0.1, -0.05) is 24.3 Å². The summed E-state index contributed by atoms with van der Waals surface area (Å²) in [5, 5.41) is 0.314. The maximum absolute atomic E-state index is 14.4. The highest BCUT2D eigenvalue weighted by molar-refractivity contribution is 6.06. The highest BCUT2D eigenvalue weighted by Crippen LogP contribution is 2.31. The average molecular weight is 366 g/mol. The Morgan fingerprint density at radius 3 is 2.56 bits per heavy atom. The van der Waals surface area contributed by atoms with Gasteiger partial charge in [0.2, 0.25) is 0 Å². The van der Waals surface area contributed by atoms with Crippen LogP contribution >= 0.6 is 0 Å². The molecule has 0 radical (unpaired) electrons. The number of hydrogen-bond donors (Lipinski definition) is 0. The Morgan fingerprint density at radius 1 is 1.07 bits per heavy atom. The fourth-order valence-electron chi connectivity index (χ4n) is 3.30. The van der Waals surface area contributed by atoms with Crippen LogP contribution in [0, 0.1) is 11.6 Å². The lowest BCUT2D eigenvalue weighted by molar-refractivity contribution is -0.139. The van der Waals surface area contributed by atoms with Crippen molar-refractivity contribution < 1.29 is 18.3 Å². The zero-order valence-electron chi connectivity index (χ0n) is 14.6. The summed E-state index contributed by atoms with van der Waals surface area (Å²) in [7, 11) is 1.35. The molecular weight excluding hydrogens is 350 g/mol. The van der Waals surface area contributed by atoms with Gasteiger partial charge in [-0.2, -0.15) is 0 Å². The van der Waals surface area contributed by atoms with E-state index in [0.717, 1.165) is 22.7 Å². The topological polar surface area (TPSA) is 44.1 Å². The van der Waals surface area contributed by atoms with E-state index in [1.165, 1.54) is 13.2 Å². The Bertz CT molecular complexity index is 1150. The van der Waals surface area contributed by atoms with E-state index in [4.69, 9.17) is 0 Å². The quantitative estimate of drug-likeness (QED) is 0.508. The summed E-state index contributed by atoms with van der Waals surface area (Å²) < 4.78 is 34.7. The van der Waals surface area contributed by atoms with Gasteiger partial charge < -0.3 is 9.30 Å². The highest BCUT2D eigenvalue weighted by Gasteiger charge is 2.16. The van der Waals surface area contributed by atoms with Crippen molar-refractivity contribution >= 4 is 27.9 Å². The SMILES string of the molecule is COC(=O)Cc1ccc(Cn2c3cccnc3c3c(F)cc(F)cc32)cc1. The molecule has 0 saturated heterocycles. The van der Waals surface area contributed by atoms with Crippen molar-refractivity contribution in [2.45, 2.75) is 13.0 Å². The number of fused-ring (bicyclic) bond motifs is 3. The molecule has 0 aliphatic carbocycles. The third-order valence-corrected chi connectivity index (χ3v) is 4.58. The van der Waals surface area contributed by atoms with Gasteiger partial charge in [0.05, 0.1) is 35.5 Å². The molecule has 0 spiro atoms.